The molecule has 1 aliphatic carbocycles. The van der Waals surface area contributed by atoms with Crippen LogP contribution < -0.4 is 0 Å². The minimum absolute atomic E-state index is 0.146. The van der Waals surface area contributed by atoms with Crippen molar-refractivity contribution in [3.8, 4) is 0 Å². The Hall–Kier alpha value is -2.83. The normalized spacial score (nSPS) is 16.2. The van der Waals surface area contributed by atoms with Gasteiger partial charge in [0.25, 0.3) is 0 Å². The van der Waals surface area contributed by atoms with Crippen LogP contribution in [-0.2, 0) is 16.8 Å². The van der Waals surface area contributed by atoms with Gasteiger partial charge in [0.2, 0.25) is 0 Å². The summed E-state index contributed by atoms with van der Waals surface area (Å²) in [6.45, 7) is 5.29. The molecule has 6 heteroatoms. The first kappa shape index (κ1) is 31.6. The van der Waals surface area contributed by atoms with Crippen LogP contribution >= 0.6 is 35.6 Å². The zero-order chi connectivity index (χ0) is 30.6. The van der Waals surface area contributed by atoms with Crippen LogP contribution in [0.3, 0.4) is 0 Å². The average Bonchev–Trinajstić information content (AvgIpc) is 3.74. The summed E-state index contributed by atoms with van der Waals surface area (Å²) in [5.74, 6) is 1.25. The predicted molar refractivity (Wildman–Crippen MR) is 187 cm³/mol. The lowest BCUT2D eigenvalue weighted by Gasteiger charge is -2.27. The van der Waals surface area contributed by atoms with Crippen LogP contribution in [0.4, 0.5) is 0 Å². The number of thiocarbonyl (C=S) groups is 1. The molecule has 5 rings (SSSR count). The van der Waals surface area contributed by atoms with Gasteiger partial charge in [-0.2, -0.15) is 11.8 Å². The summed E-state index contributed by atoms with van der Waals surface area (Å²) in [5, 5.41) is 13.2. The number of aryl methyl sites for hydroxylation is 1. The molecule has 43 heavy (non-hydrogen) atoms. The highest BCUT2D eigenvalue weighted by molar-refractivity contribution is 7.99. The number of benzene rings is 3. The summed E-state index contributed by atoms with van der Waals surface area (Å²) in [6.07, 6.45) is 8.79. The van der Waals surface area contributed by atoms with E-state index < -0.39 is 5.60 Å². The fourth-order valence-electron chi connectivity index (χ4n) is 5.63. The molecule has 3 nitrogen and oxygen atoms in total. The fraction of sp³-hybridized carbons (Fsp3) is 0.324. The molecule has 1 heterocycles. The van der Waals surface area contributed by atoms with Gasteiger partial charge in [0, 0.05) is 26.9 Å². The van der Waals surface area contributed by atoms with Crippen LogP contribution in [0.2, 0.25) is 5.02 Å². The van der Waals surface area contributed by atoms with Crippen LogP contribution in [0.1, 0.15) is 79.7 Å². The van der Waals surface area contributed by atoms with E-state index in [1.54, 1.807) is 20.8 Å². The molecule has 1 aromatic heterocycles. The van der Waals surface area contributed by atoms with E-state index >= 15 is 0 Å². The molecule has 0 aliphatic heterocycles. The van der Waals surface area contributed by atoms with Crippen molar-refractivity contribution in [1.29, 1.82) is 0 Å². The zero-order valence-corrected chi connectivity index (χ0v) is 27.4. The number of pyridine rings is 1. The van der Waals surface area contributed by atoms with E-state index in [0.29, 0.717) is 16.3 Å². The minimum Gasteiger partial charge on any atom is -0.380 e. The Labute approximate surface area is 269 Å². The van der Waals surface area contributed by atoms with Gasteiger partial charge in [-0.3, -0.25) is 0 Å². The Bertz CT molecular complexity index is 1670. The van der Waals surface area contributed by atoms with E-state index in [-0.39, 0.29) is 16.4 Å². The molecule has 1 saturated carbocycles. The Balaban J connectivity index is 1.39. The molecule has 0 amide bonds. The first-order chi connectivity index (χ1) is 20.5. The molecule has 4 aromatic rings. The lowest BCUT2D eigenvalue weighted by atomic mass is 9.87. The summed E-state index contributed by atoms with van der Waals surface area (Å²) in [5.41, 5.74) is 5.12. The second kappa shape index (κ2) is 13.4. The fourth-order valence-corrected chi connectivity index (χ4v) is 7.48. The van der Waals surface area contributed by atoms with E-state index in [2.05, 4.69) is 42.5 Å². The van der Waals surface area contributed by atoms with E-state index in [1.807, 2.05) is 60.3 Å². The zero-order valence-electron chi connectivity index (χ0n) is 25.0. The summed E-state index contributed by atoms with van der Waals surface area (Å²) in [6, 6.07) is 26.6. The number of aliphatic hydroxyl groups is 1. The van der Waals surface area contributed by atoms with E-state index in [4.69, 9.17) is 28.8 Å². The second-order valence-corrected chi connectivity index (χ2v) is 14.3. The molecule has 222 valence electrons. The van der Waals surface area contributed by atoms with Gasteiger partial charge >= 0.3 is 0 Å². The first-order valence-electron chi connectivity index (χ1n) is 14.8. The minimum atomic E-state index is -1.15. The number of rotatable bonds is 13. The molecule has 3 aromatic carbocycles. The topological polar surface area (TPSA) is 50.2 Å². The Kier molecular flexibility index (Phi) is 9.87. The Morgan fingerprint density at radius 1 is 1.07 bits per heavy atom. The molecule has 1 fully saturated rings. The molecule has 0 saturated heterocycles. The molecular weight excluding hydrogens is 590 g/mol. The van der Waals surface area contributed by atoms with Crippen LogP contribution in [0.25, 0.3) is 23.1 Å². The van der Waals surface area contributed by atoms with Crippen molar-refractivity contribution < 1.29 is 9.90 Å². The molecule has 0 radical (unpaired) electrons. The number of hydrogen-bond donors (Lipinski definition) is 1. The quantitative estimate of drug-likeness (QED) is 0.150. The second-order valence-electron chi connectivity index (χ2n) is 12.1. The number of thioether (sulfide) groups is 1. The molecule has 0 spiro atoms. The number of carbonyl (C=O) groups excluding carboxylic acids is 1. The Morgan fingerprint density at radius 2 is 1.84 bits per heavy atom. The molecule has 1 unspecified atom stereocenters. The highest BCUT2D eigenvalue weighted by atomic mass is 35.5. The predicted octanol–water partition coefficient (Wildman–Crippen LogP) is 9.82. The number of hydrogen-bond acceptors (Lipinski definition) is 5. The van der Waals surface area contributed by atoms with Crippen LogP contribution in [0.5, 0.6) is 0 Å². The van der Waals surface area contributed by atoms with Gasteiger partial charge in [0.05, 0.1) is 11.2 Å². The summed E-state index contributed by atoms with van der Waals surface area (Å²) in [4.78, 5) is 17.3. The summed E-state index contributed by atoms with van der Waals surface area (Å²) >= 11 is 13.6. The number of nitrogens with zero attached hydrogens (tertiary/aromatic N) is 1. The molecule has 1 aliphatic rings. The highest BCUT2D eigenvalue weighted by Crippen LogP contribution is 2.53. The van der Waals surface area contributed by atoms with Crippen molar-refractivity contribution >= 4 is 69.3 Å². The van der Waals surface area contributed by atoms with E-state index in [9.17, 15) is 9.90 Å². The number of aromatic nitrogens is 1. The molecule has 0 bridgehead atoms. The third-order valence-corrected chi connectivity index (χ3v) is 10.8. The summed E-state index contributed by atoms with van der Waals surface area (Å²) < 4.78 is 0. The maximum absolute atomic E-state index is 12.0. The van der Waals surface area contributed by atoms with Gasteiger partial charge in [-0.25, -0.2) is 4.98 Å². The number of Topliss-reactive ketones (excluding diaryl/α,β-unsaturated/α-hetero) is 1. The van der Waals surface area contributed by atoms with Crippen LogP contribution in [-0.4, -0.2) is 26.5 Å². The SMILES string of the molecule is CC(=O)CC1(CS[C@H](CCc2ccccc2C(C)(O)C(C)=S)c2cccc(/C=C\c3ccc4ccc(Cl)cc4n3)c2)CC1. The van der Waals surface area contributed by atoms with Gasteiger partial charge in [0.1, 0.15) is 11.4 Å². The van der Waals surface area contributed by atoms with Crippen molar-refractivity contribution in [2.24, 2.45) is 5.41 Å². The largest absolute Gasteiger partial charge is 0.380 e. The van der Waals surface area contributed by atoms with Gasteiger partial charge in [-0.05, 0) is 104 Å². The third kappa shape index (κ3) is 8.02. The van der Waals surface area contributed by atoms with Crippen LogP contribution in [0, 0.1) is 5.41 Å². The van der Waals surface area contributed by atoms with Crippen molar-refractivity contribution in [3.63, 3.8) is 0 Å². The van der Waals surface area contributed by atoms with Crippen molar-refractivity contribution in [2.45, 2.75) is 63.7 Å². The third-order valence-electron chi connectivity index (χ3n) is 8.48. The van der Waals surface area contributed by atoms with E-state index in [0.717, 1.165) is 64.7 Å². The van der Waals surface area contributed by atoms with Crippen LogP contribution in [0.15, 0.2) is 78.9 Å². The summed E-state index contributed by atoms with van der Waals surface area (Å²) in [7, 11) is 0. The average molecular weight is 628 g/mol. The number of ketones is 1. The molecular formula is C37H38ClNO2S2. The highest BCUT2D eigenvalue weighted by Gasteiger charge is 2.43. The van der Waals surface area contributed by atoms with Gasteiger partial charge in [-0.1, -0.05) is 90.6 Å². The van der Waals surface area contributed by atoms with E-state index in [1.165, 1.54) is 5.56 Å². The number of fused-ring (bicyclic) bond motifs is 1. The standard InChI is InChI=1S/C37H38ClNO2S2/c1-25(40)23-37(19-20-37)24-43-35(18-14-28-8-4-5-10-33(28)36(3,41)26(2)42)30-9-6-7-27(21-30)11-16-32-17-13-29-12-15-31(38)22-34(29)39-32/h4-13,15-17,21-22,35,41H,14,18-20,23-24H2,1-3H3/b16-11-/t35-,36?/m1/s1. The lowest BCUT2D eigenvalue weighted by molar-refractivity contribution is -0.117. The lowest BCUT2D eigenvalue weighted by Crippen LogP contribution is -2.30. The van der Waals surface area contributed by atoms with Gasteiger partial charge < -0.3 is 9.90 Å². The smallest absolute Gasteiger partial charge is 0.130 e. The van der Waals surface area contributed by atoms with Crippen molar-refractivity contribution in [1.82, 2.24) is 4.98 Å². The maximum atomic E-state index is 12.0. The number of carbonyl (C=O) groups is 1. The molecule has 2 atom stereocenters. The van der Waals surface area contributed by atoms with Gasteiger partial charge in [0.15, 0.2) is 0 Å². The monoisotopic (exact) mass is 627 g/mol. The number of halogens is 1. The van der Waals surface area contributed by atoms with Gasteiger partial charge in [-0.15, -0.1) is 0 Å². The van der Waals surface area contributed by atoms with Crippen molar-refractivity contribution in [3.05, 3.63) is 112 Å². The molecule has 1 N–H and O–H groups in total. The first-order valence-corrected chi connectivity index (χ1v) is 16.7. The maximum Gasteiger partial charge on any atom is 0.130 e. The van der Waals surface area contributed by atoms with Crippen molar-refractivity contribution in [2.75, 3.05) is 5.75 Å². The Morgan fingerprint density at radius 3 is 2.58 bits per heavy atom.